The van der Waals surface area contributed by atoms with E-state index in [2.05, 4.69) is 37.3 Å². The molecule has 0 unspecified atom stereocenters. The largest absolute Gasteiger partial charge is 0.0843 e. The molecule has 0 saturated carbocycles. The van der Waals surface area contributed by atoms with Crippen LogP contribution in [-0.2, 0) is 0 Å². The molecule has 3 aromatic carbocycles. The van der Waals surface area contributed by atoms with Gasteiger partial charge in [0, 0.05) is 5.02 Å². The average Bonchev–Trinajstić information content (AvgIpc) is 2.26. The van der Waals surface area contributed by atoms with Crippen molar-refractivity contribution < 1.29 is 0 Å². The van der Waals surface area contributed by atoms with Crippen LogP contribution in [0.5, 0.6) is 0 Å². The molecule has 3 rings (SSSR count). The van der Waals surface area contributed by atoms with Crippen LogP contribution in [0.4, 0.5) is 0 Å². The van der Waals surface area contributed by atoms with Gasteiger partial charge in [0.15, 0.2) is 0 Å². The van der Waals surface area contributed by atoms with E-state index in [4.69, 9.17) is 11.6 Å². The Hall–Kier alpha value is -1.53. The van der Waals surface area contributed by atoms with E-state index in [9.17, 15) is 0 Å². The molecule has 0 aliphatic carbocycles. The number of aryl methyl sites for hydroxylation is 1. The highest BCUT2D eigenvalue weighted by atomic mass is 35.5. The first-order valence-electron chi connectivity index (χ1n) is 5.17. The third kappa shape index (κ3) is 1.56. The summed E-state index contributed by atoms with van der Waals surface area (Å²) >= 11 is 5.96. The fourth-order valence-electron chi connectivity index (χ4n) is 1.89. The summed E-state index contributed by atoms with van der Waals surface area (Å²) < 4.78 is 0. The van der Waals surface area contributed by atoms with Crippen molar-refractivity contribution in [3.63, 3.8) is 0 Å². The van der Waals surface area contributed by atoms with Crippen LogP contribution in [0.15, 0.2) is 36.4 Å². The van der Waals surface area contributed by atoms with Crippen LogP contribution in [0.2, 0.25) is 5.02 Å². The highest BCUT2D eigenvalue weighted by Gasteiger charge is 2.00. The minimum absolute atomic E-state index is 0.739. The predicted octanol–water partition coefficient (Wildman–Crippen LogP) is 4.56. The monoisotopic (exact) mass is 224 g/mol. The SMILES string of the molecule is Cc1ccc2[c]c3cc(Cl)ccc3[c]c2c1. The van der Waals surface area contributed by atoms with Crippen LogP contribution in [0.3, 0.4) is 0 Å². The lowest BCUT2D eigenvalue weighted by atomic mass is 10.0. The molecule has 0 aliphatic heterocycles. The lowest BCUT2D eigenvalue weighted by Gasteiger charge is -2.02. The zero-order valence-electron chi connectivity index (χ0n) is 8.84. The van der Waals surface area contributed by atoms with Gasteiger partial charge in [0.25, 0.3) is 0 Å². The lowest BCUT2D eigenvalue weighted by Crippen LogP contribution is -1.79. The zero-order valence-corrected chi connectivity index (χ0v) is 9.60. The third-order valence-electron chi connectivity index (χ3n) is 2.70. The molecule has 0 saturated heterocycles. The van der Waals surface area contributed by atoms with Gasteiger partial charge in [-0.25, -0.2) is 0 Å². The first-order valence-corrected chi connectivity index (χ1v) is 5.54. The summed E-state index contributed by atoms with van der Waals surface area (Å²) in [7, 11) is 0. The Bertz CT molecular complexity index is 622. The van der Waals surface area contributed by atoms with Crippen molar-refractivity contribution >= 4 is 33.1 Å². The van der Waals surface area contributed by atoms with Gasteiger partial charge < -0.3 is 0 Å². The van der Waals surface area contributed by atoms with E-state index in [1.807, 2.05) is 18.2 Å². The predicted molar refractivity (Wildman–Crippen MR) is 68.9 cm³/mol. The van der Waals surface area contributed by atoms with Crippen LogP contribution < -0.4 is 0 Å². The van der Waals surface area contributed by atoms with Gasteiger partial charge >= 0.3 is 0 Å². The number of hydrogen-bond donors (Lipinski definition) is 0. The Morgan fingerprint density at radius 3 is 2.19 bits per heavy atom. The van der Waals surface area contributed by atoms with Crippen molar-refractivity contribution in [3.05, 3.63) is 59.1 Å². The Balaban J connectivity index is 2.44. The van der Waals surface area contributed by atoms with E-state index in [1.165, 1.54) is 5.56 Å². The second kappa shape index (κ2) is 3.50. The first kappa shape index (κ1) is 9.68. The average molecular weight is 225 g/mol. The van der Waals surface area contributed by atoms with Crippen molar-refractivity contribution in [2.75, 3.05) is 0 Å². The Labute approximate surface area is 99.5 Å². The lowest BCUT2D eigenvalue weighted by molar-refractivity contribution is 1.51. The van der Waals surface area contributed by atoms with Crippen LogP contribution in [-0.4, -0.2) is 0 Å². The number of hydrogen-bond acceptors (Lipinski definition) is 0. The molecule has 0 bridgehead atoms. The van der Waals surface area contributed by atoms with Crippen molar-refractivity contribution in [2.45, 2.75) is 6.92 Å². The fourth-order valence-corrected chi connectivity index (χ4v) is 2.06. The number of halogens is 1. The standard InChI is InChI=1S/C15H9Cl/c1-10-2-3-11-8-14-9-15(16)5-4-12(14)7-13(11)6-10/h2-6,9H,1H3. The molecule has 0 spiro atoms. The van der Waals surface area contributed by atoms with Gasteiger partial charge in [-0.15, -0.1) is 0 Å². The van der Waals surface area contributed by atoms with Gasteiger partial charge in [0.2, 0.25) is 0 Å². The highest BCUT2D eigenvalue weighted by molar-refractivity contribution is 6.31. The molecule has 1 heteroatoms. The minimum atomic E-state index is 0.739. The maximum atomic E-state index is 5.96. The van der Waals surface area contributed by atoms with Gasteiger partial charge in [-0.05, 0) is 52.7 Å². The summed E-state index contributed by atoms with van der Waals surface area (Å²) in [6.45, 7) is 2.08. The molecule has 0 aliphatic rings. The summed E-state index contributed by atoms with van der Waals surface area (Å²) in [5.41, 5.74) is 1.24. The van der Waals surface area contributed by atoms with Crippen molar-refractivity contribution in [2.24, 2.45) is 0 Å². The van der Waals surface area contributed by atoms with Gasteiger partial charge in [0.05, 0.1) is 0 Å². The molecular weight excluding hydrogens is 216 g/mol. The van der Waals surface area contributed by atoms with Crippen LogP contribution in [0, 0.1) is 19.1 Å². The smallest absolute Gasteiger partial charge is 0.0412 e. The van der Waals surface area contributed by atoms with E-state index in [0.29, 0.717) is 0 Å². The molecule has 2 radical (unpaired) electrons. The Morgan fingerprint density at radius 2 is 1.44 bits per heavy atom. The molecule has 0 N–H and O–H groups in total. The van der Waals surface area contributed by atoms with Crippen molar-refractivity contribution in [1.82, 2.24) is 0 Å². The van der Waals surface area contributed by atoms with Gasteiger partial charge in [-0.1, -0.05) is 41.4 Å². The van der Waals surface area contributed by atoms with E-state index in [0.717, 1.165) is 26.6 Å². The summed E-state index contributed by atoms with van der Waals surface area (Å²) in [4.78, 5) is 0. The molecule has 0 aromatic heterocycles. The van der Waals surface area contributed by atoms with Crippen LogP contribution >= 0.6 is 11.6 Å². The maximum Gasteiger partial charge on any atom is 0.0412 e. The molecule has 76 valence electrons. The van der Waals surface area contributed by atoms with Gasteiger partial charge in [0.1, 0.15) is 0 Å². The molecule has 0 nitrogen and oxygen atoms in total. The van der Waals surface area contributed by atoms with Crippen molar-refractivity contribution in [1.29, 1.82) is 0 Å². The normalized spacial score (nSPS) is 11.1. The zero-order chi connectivity index (χ0) is 11.1. The molecule has 3 aromatic rings. The van der Waals surface area contributed by atoms with Crippen LogP contribution in [0.1, 0.15) is 5.56 Å². The summed E-state index contributed by atoms with van der Waals surface area (Å²) in [6.07, 6.45) is 0. The molecule has 0 atom stereocenters. The number of rotatable bonds is 0. The first-order chi connectivity index (χ1) is 7.72. The quantitative estimate of drug-likeness (QED) is 0.491. The van der Waals surface area contributed by atoms with Crippen LogP contribution in [0.25, 0.3) is 21.5 Å². The highest BCUT2D eigenvalue weighted by Crippen LogP contribution is 2.24. The minimum Gasteiger partial charge on any atom is -0.0843 e. The topological polar surface area (TPSA) is 0 Å². The third-order valence-corrected chi connectivity index (χ3v) is 2.93. The number of fused-ring (bicyclic) bond motifs is 2. The fraction of sp³-hybridized carbons (Fsp3) is 0.0667. The molecule has 0 amide bonds. The maximum absolute atomic E-state index is 5.96. The molecule has 0 heterocycles. The second-order valence-electron chi connectivity index (χ2n) is 3.99. The Morgan fingerprint density at radius 1 is 0.812 bits per heavy atom. The summed E-state index contributed by atoms with van der Waals surface area (Å²) in [5, 5.41) is 5.00. The van der Waals surface area contributed by atoms with E-state index >= 15 is 0 Å². The van der Waals surface area contributed by atoms with E-state index < -0.39 is 0 Å². The van der Waals surface area contributed by atoms with Gasteiger partial charge in [-0.2, -0.15) is 0 Å². The molecule has 16 heavy (non-hydrogen) atoms. The Kier molecular flexibility index (Phi) is 2.12. The van der Waals surface area contributed by atoms with Crippen molar-refractivity contribution in [3.8, 4) is 0 Å². The molecular formula is C15H9Cl. The van der Waals surface area contributed by atoms with E-state index in [1.54, 1.807) is 0 Å². The summed E-state index contributed by atoms with van der Waals surface area (Å²) in [5.74, 6) is 0. The number of benzene rings is 3. The summed E-state index contributed by atoms with van der Waals surface area (Å²) in [6, 6.07) is 18.8. The van der Waals surface area contributed by atoms with Gasteiger partial charge in [-0.3, -0.25) is 0 Å². The second-order valence-corrected chi connectivity index (χ2v) is 4.43. The molecule has 0 fully saturated rings. The van der Waals surface area contributed by atoms with E-state index in [-0.39, 0.29) is 0 Å².